The maximum absolute atomic E-state index is 12.9. The number of aliphatic hydroxyl groups excluding tert-OH is 5. The van der Waals surface area contributed by atoms with Crippen LogP contribution in [0.4, 0.5) is 5.69 Å². The molecular weight excluding hydrogens is 636 g/mol. The third-order valence-corrected chi connectivity index (χ3v) is 14.3. The summed E-state index contributed by atoms with van der Waals surface area (Å²) in [5.41, 5.74) is 2.54. The van der Waals surface area contributed by atoms with Gasteiger partial charge in [-0.3, -0.25) is 9.48 Å². The summed E-state index contributed by atoms with van der Waals surface area (Å²) in [5.74, 6) is 0.360. The highest BCUT2D eigenvalue weighted by Crippen LogP contribution is 2.46. The van der Waals surface area contributed by atoms with E-state index in [0.717, 1.165) is 29.8 Å². The number of benzene rings is 2. The molecule has 5 rings (SSSR count). The van der Waals surface area contributed by atoms with Gasteiger partial charge in [0.15, 0.2) is 12.4 Å². The molecule has 0 spiro atoms. The molecule has 2 aliphatic heterocycles. The maximum atomic E-state index is 12.9. The van der Waals surface area contributed by atoms with Crippen LogP contribution in [-0.4, -0.2) is 111 Å². The largest absolute Gasteiger partial charge is 0.497 e. The van der Waals surface area contributed by atoms with E-state index in [0.29, 0.717) is 30.6 Å². The summed E-state index contributed by atoms with van der Waals surface area (Å²) in [5, 5.41) is 61.5. The van der Waals surface area contributed by atoms with Crippen molar-refractivity contribution in [2.24, 2.45) is 5.92 Å². The Bertz CT molecular complexity index is 1510. The Morgan fingerprint density at radius 2 is 1.73 bits per heavy atom. The number of aliphatic hydroxyl groups is 5. The third kappa shape index (κ3) is 7.98. The number of carbonyl (C=O) groups excluding carboxylic acids is 1. The molecule has 0 saturated carbocycles. The second kappa shape index (κ2) is 15.6. The summed E-state index contributed by atoms with van der Waals surface area (Å²) >= 11 is 0. The van der Waals surface area contributed by atoms with Gasteiger partial charge in [0.1, 0.15) is 24.1 Å². The Morgan fingerprint density at radius 1 is 0.979 bits per heavy atom. The average Bonchev–Trinajstić information content (AvgIpc) is 3.66. The van der Waals surface area contributed by atoms with Crippen molar-refractivity contribution in [3.63, 3.8) is 0 Å². The van der Waals surface area contributed by atoms with Crippen LogP contribution in [0.5, 0.6) is 5.75 Å². The van der Waals surface area contributed by atoms with E-state index in [4.69, 9.17) is 14.2 Å². The number of ether oxygens (including phenoxy) is 3. The Morgan fingerprint density at radius 3 is 2.44 bits per heavy atom. The molecule has 0 bridgehead atoms. The van der Waals surface area contributed by atoms with Crippen LogP contribution in [0.1, 0.15) is 31.0 Å². The second-order valence-electron chi connectivity index (χ2n) is 13.4. The van der Waals surface area contributed by atoms with E-state index in [1.807, 2.05) is 41.2 Å². The third-order valence-electron chi connectivity index (χ3n) is 9.93. The first-order valence-electron chi connectivity index (χ1n) is 16.5. The molecule has 0 radical (unpaired) electrons. The molecule has 0 aliphatic carbocycles. The fourth-order valence-electron chi connectivity index (χ4n) is 7.26. The highest BCUT2D eigenvalue weighted by atomic mass is 28.3. The SMILES string of the molecule is COc1ccc([Si](C)(C)[C@@H]2[C@@H](C)[C@@H](CCc3cccc(NC(=O)[C@H]4O[C@@H](O)[C@H](O)[C@@H](O)[C@@H]4O)c3)O[C@H]2CCn2cc(CCO)nn2)cc1. The van der Waals surface area contributed by atoms with Crippen molar-refractivity contribution in [3.8, 4) is 5.75 Å². The van der Waals surface area contributed by atoms with Crippen molar-refractivity contribution in [2.45, 2.75) is 101 Å². The maximum Gasteiger partial charge on any atom is 0.256 e. The molecule has 1 aromatic heterocycles. The van der Waals surface area contributed by atoms with Gasteiger partial charge in [-0.05, 0) is 60.6 Å². The number of methoxy groups -OCH3 is 1. The lowest BCUT2D eigenvalue weighted by Crippen LogP contribution is -2.60. The molecule has 262 valence electrons. The molecule has 0 unspecified atom stereocenters. The predicted octanol–water partition coefficient (Wildman–Crippen LogP) is 0.972. The van der Waals surface area contributed by atoms with Crippen LogP contribution in [0.15, 0.2) is 54.7 Å². The van der Waals surface area contributed by atoms with Gasteiger partial charge in [0, 0.05) is 31.5 Å². The van der Waals surface area contributed by atoms with E-state index in [2.05, 4.69) is 47.8 Å². The predicted molar refractivity (Wildman–Crippen MR) is 179 cm³/mol. The van der Waals surface area contributed by atoms with E-state index >= 15 is 0 Å². The summed E-state index contributed by atoms with van der Waals surface area (Å²) in [6, 6.07) is 15.8. The molecule has 2 fully saturated rings. The summed E-state index contributed by atoms with van der Waals surface area (Å²) in [7, 11) is -0.388. The van der Waals surface area contributed by atoms with Crippen LogP contribution in [0.2, 0.25) is 18.6 Å². The molecule has 1 amide bonds. The molecule has 14 heteroatoms. The smallest absolute Gasteiger partial charge is 0.256 e. The molecule has 3 aromatic rings. The lowest BCUT2D eigenvalue weighted by Gasteiger charge is -2.37. The summed E-state index contributed by atoms with van der Waals surface area (Å²) < 4.78 is 19.2. The number of aromatic nitrogens is 3. The fourth-order valence-corrected chi connectivity index (χ4v) is 11.4. The van der Waals surface area contributed by atoms with Gasteiger partial charge in [0.2, 0.25) is 0 Å². The Balaban J connectivity index is 1.27. The minimum atomic E-state index is -2.06. The Labute approximate surface area is 281 Å². The number of carbonyl (C=O) groups is 1. The van der Waals surface area contributed by atoms with Crippen LogP contribution in [0.3, 0.4) is 0 Å². The van der Waals surface area contributed by atoms with Gasteiger partial charge < -0.3 is 45.1 Å². The summed E-state index contributed by atoms with van der Waals surface area (Å²) in [6.45, 7) is 7.78. The van der Waals surface area contributed by atoms with Crippen LogP contribution in [0, 0.1) is 5.92 Å². The number of nitrogens with zero attached hydrogens (tertiary/aromatic N) is 3. The molecule has 13 nitrogen and oxygen atoms in total. The molecule has 2 saturated heterocycles. The van der Waals surface area contributed by atoms with Gasteiger partial charge >= 0.3 is 0 Å². The Hall–Kier alpha value is -3.21. The zero-order chi connectivity index (χ0) is 34.6. The highest BCUT2D eigenvalue weighted by molar-refractivity contribution is 6.91. The number of nitrogens with one attached hydrogen (secondary N) is 1. The number of rotatable bonds is 13. The van der Waals surface area contributed by atoms with Gasteiger partial charge in [-0.25, -0.2) is 0 Å². The van der Waals surface area contributed by atoms with Crippen molar-refractivity contribution < 1.29 is 44.5 Å². The first kappa shape index (κ1) is 36.1. The van der Waals surface area contributed by atoms with Crippen LogP contribution in [0.25, 0.3) is 0 Å². The summed E-state index contributed by atoms with van der Waals surface area (Å²) in [6.07, 6.45) is -3.90. The van der Waals surface area contributed by atoms with Crippen molar-refractivity contribution in [2.75, 3.05) is 19.0 Å². The van der Waals surface area contributed by atoms with Gasteiger partial charge in [0.05, 0.1) is 33.1 Å². The lowest BCUT2D eigenvalue weighted by molar-refractivity contribution is -0.274. The van der Waals surface area contributed by atoms with Crippen molar-refractivity contribution in [3.05, 3.63) is 66.0 Å². The van der Waals surface area contributed by atoms with Crippen LogP contribution < -0.4 is 15.2 Å². The zero-order valence-electron chi connectivity index (χ0n) is 27.8. The van der Waals surface area contributed by atoms with Gasteiger partial charge in [0.25, 0.3) is 5.91 Å². The van der Waals surface area contributed by atoms with E-state index in [-0.39, 0.29) is 24.7 Å². The monoisotopic (exact) mass is 684 g/mol. The van der Waals surface area contributed by atoms with E-state index in [1.54, 1.807) is 13.2 Å². The highest BCUT2D eigenvalue weighted by Gasteiger charge is 2.50. The van der Waals surface area contributed by atoms with Crippen LogP contribution >= 0.6 is 0 Å². The van der Waals surface area contributed by atoms with Crippen molar-refractivity contribution in [1.82, 2.24) is 15.0 Å². The van der Waals surface area contributed by atoms with Gasteiger partial charge in [-0.15, -0.1) is 5.10 Å². The second-order valence-corrected chi connectivity index (χ2v) is 18.1. The molecular formula is C34H48N4O9Si. The zero-order valence-corrected chi connectivity index (χ0v) is 28.8. The van der Waals surface area contributed by atoms with Gasteiger partial charge in [-0.1, -0.05) is 54.7 Å². The van der Waals surface area contributed by atoms with Gasteiger partial charge in [-0.2, -0.15) is 0 Å². The minimum absolute atomic E-state index is 0.00385. The van der Waals surface area contributed by atoms with E-state index in [1.165, 1.54) is 5.19 Å². The standard InChI is InChI=1S/C34H48N4O9Si/c1-20-26(13-8-21-6-5-7-22(18-21)35-33(43)31-29(41)28(40)30(42)34(44)47-31)46-27(14-16-38-19-23(15-17-39)36-37-38)32(20)48(3,4)25-11-9-24(45-2)10-12-25/h5-7,9-12,18-20,26-32,34,39-42,44H,8,13-17H2,1-4H3,(H,35,43)/t20-,26+,27-,28-,29-,30+,31-,32+,34+/m0/s1. The number of hydrogen-bond donors (Lipinski definition) is 6. The first-order valence-corrected chi connectivity index (χ1v) is 19.6. The number of amides is 1. The van der Waals surface area contributed by atoms with Crippen LogP contribution in [-0.2, 0) is 33.7 Å². The van der Waals surface area contributed by atoms with E-state index < -0.39 is 44.7 Å². The number of aryl methyl sites for hydroxylation is 2. The topological polar surface area (TPSA) is 189 Å². The molecule has 2 aliphatic rings. The normalized spacial score (nSPS) is 29.1. The first-order chi connectivity index (χ1) is 22.9. The molecule has 2 aromatic carbocycles. The quantitative estimate of drug-likeness (QED) is 0.141. The molecule has 9 atom stereocenters. The molecule has 3 heterocycles. The van der Waals surface area contributed by atoms with Crippen molar-refractivity contribution in [1.29, 1.82) is 0 Å². The molecule has 48 heavy (non-hydrogen) atoms. The summed E-state index contributed by atoms with van der Waals surface area (Å²) in [4.78, 5) is 12.9. The van der Waals surface area contributed by atoms with E-state index in [9.17, 15) is 30.3 Å². The number of hydrogen-bond acceptors (Lipinski definition) is 11. The van der Waals surface area contributed by atoms with Crippen molar-refractivity contribution >= 4 is 24.9 Å². The number of anilines is 1. The average molecular weight is 685 g/mol. The molecule has 6 N–H and O–H groups in total. The Kier molecular flexibility index (Phi) is 11.7. The lowest BCUT2D eigenvalue weighted by atomic mass is 9.95. The fraction of sp³-hybridized carbons (Fsp3) is 0.559. The minimum Gasteiger partial charge on any atom is -0.497 e.